The first-order valence-corrected chi connectivity index (χ1v) is 9.19. The molecule has 0 aliphatic carbocycles. The van der Waals surface area contributed by atoms with E-state index in [0.717, 1.165) is 21.3 Å². The lowest BCUT2D eigenvalue weighted by Gasteiger charge is -2.24. The summed E-state index contributed by atoms with van der Waals surface area (Å²) in [6.45, 7) is 7.60. The van der Waals surface area contributed by atoms with Gasteiger partial charge in [-0.15, -0.1) is 11.3 Å². The van der Waals surface area contributed by atoms with Gasteiger partial charge in [-0.3, -0.25) is 4.79 Å². The molecule has 3 aromatic rings. The van der Waals surface area contributed by atoms with Crippen molar-refractivity contribution in [1.29, 1.82) is 0 Å². The molecule has 0 saturated heterocycles. The lowest BCUT2D eigenvalue weighted by atomic mass is 10.1. The number of fused-ring (bicyclic) bond motifs is 1. The zero-order valence-electron chi connectivity index (χ0n) is 15.1. The van der Waals surface area contributed by atoms with E-state index in [0.29, 0.717) is 5.82 Å². The minimum atomic E-state index is -0.465. The maximum absolute atomic E-state index is 13.2. The SMILES string of the molecule is CC(Nc1ncnc2scc(-c3ccc(F)cc3)c12)C(=O)NC(C)(C)C. The van der Waals surface area contributed by atoms with Crippen LogP contribution in [0.3, 0.4) is 0 Å². The van der Waals surface area contributed by atoms with Gasteiger partial charge in [-0.2, -0.15) is 0 Å². The van der Waals surface area contributed by atoms with E-state index >= 15 is 0 Å². The Morgan fingerprint density at radius 2 is 1.88 bits per heavy atom. The standard InChI is InChI=1S/C19H21FN4OS/c1-11(17(25)24-19(2,3)4)23-16-15-14(9-26-18(15)22-10-21-16)12-5-7-13(20)8-6-12/h5-11H,1-4H3,(H,24,25)(H,21,22,23). The van der Waals surface area contributed by atoms with Crippen molar-refractivity contribution in [3.05, 3.63) is 41.8 Å². The summed E-state index contributed by atoms with van der Waals surface area (Å²) in [7, 11) is 0. The van der Waals surface area contributed by atoms with E-state index in [4.69, 9.17) is 0 Å². The summed E-state index contributed by atoms with van der Waals surface area (Å²) in [6, 6.07) is 5.84. The average molecular weight is 372 g/mol. The van der Waals surface area contributed by atoms with Crippen LogP contribution in [-0.4, -0.2) is 27.5 Å². The molecule has 0 radical (unpaired) electrons. The number of amides is 1. The van der Waals surface area contributed by atoms with Crippen molar-refractivity contribution in [2.24, 2.45) is 0 Å². The summed E-state index contributed by atoms with van der Waals surface area (Å²) in [4.78, 5) is 21.8. The molecule has 136 valence electrons. The van der Waals surface area contributed by atoms with Crippen LogP contribution in [0.4, 0.5) is 10.2 Å². The van der Waals surface area contributed by atoms with E-state index < -0.39 is 6.04 Å². The number of carbonyl (C=O) groups excluding carboxylic acids is 1. The molecule has 3 rings (SSSR count). The summed E-state index contributed by atoms with van der Waals surface area (Å²) in [5, 5.41) is 8.94. The number of thiophene rings is 1. The maximum atomic E-state index is 13.2. The topological polar surface area (TPSA) is 66.9 Å². The molecule has 7 heteroatoms. The van der Waals surface area contributed by atoms with Gasteiger partial charge in [0, 0.05) is 16.5 Å². The van der Waals surface area contributed by atoms with Gasteiger partial charge >= 0.3 is 0 Å². The zero-order valence-corrected chi connectivity index (χ0v) is 15.9. The molecular weight excluding hydrogens is 351 g/mol. The van der Waals surface area contributed by atoms with E-state index in [9.17, 15) is 9.18 Å². The average Bonchev–Trinajstić information content (AvgIpc) is 2.99. The first-order chi connectivity index (χ1) is 12.2. The molecule has 1 aromatic carbocycles. The molecule has 1 unspecified atom stereocenters. The Morgan fingerprint density at radius 3 is 2.54 bits per heavy atom. The monoisotopic (exact) mass is 372 g/mol. The third-order valence-corrected chi connectivity index (χ3v) is 4.66. The fraction of sp³-hybridized carbons (Fsp3) is 0.316. The normalized spacial score (nSPS) is 12.8. The Hall–Kier alpha value is -2.54. The Morgan fingerprint density at radius 1 is 1.19 bits per heavy atom. The van der Waals surface area contributed by atoms with Crippen LogP contribution in [0.1, 0.15) is 27.7 Å². The summed E-state index contributed by atoms with van der Waals surface area (Å²) in [5.74, 6) is 0.199. The number of rotatable bonds is 4. The second kappa shape index (κ2) is 6.99. The predicted octanol–water partition coefficient (Wildman–Crippen LogP) is 4.21. The third-order valence-electron chi connectivity index (χ3n) is 3.77. The van der Waals surface area contributed by atoms with Crippen molar-refractivity contribution in [2.45, 2.75) is 39.3 Å². The van der Waals surface area contributed by atoms with Crippen LogP contribution < -0.4 is 10.6 Å². The van der Waals surface area contributed by atoms with Gasteiger partial charge in [-0.25, -0.2) is 14.4 Å². The molecule has 0 bridgehead atoms. The Bertz CT molecular complexity index is 931. The number of nitrogens with zero attached hydrogens (tertiary/aromatic N) is 2. The van der Waals surface area contributed by atoms with Crippen molar-refractivity contribution in [2.75, 3.05) is 5.32 Å². The van der Waals surface area contributed by atoms with Gasteiger partial charge in [0.25, 0.3) is 0 Å². The quantitative estimate of drug-likeness (QED) is 0.720. The van der Waals surface area contributed by atoms with Crippen LogP contribution in [0.2, 0.25) is 0 Å². The van der Waals surface area contributed by atoms with Gasteiger partial charge < -0.3 is 10.6 Å². The second-order valence-electron chi connectivity index (χ2n) is 7.16. The molecule has 1 atom stereocenters. The highest BCUT2D eigenvalue weighted by Gasteiger charge is 2.21. The van der Waals surface area contributed by atoms with E-state index in [1.807, 2.05) is 26.2 Å². The molecule has 0 aliphatic heterocycles. The molecule has 0 fully saturated rings. The molecule has 5 nitrogen and oxygen atoms in total. The number of carbonyl (C=O) groups is 1. The van der Waals surface area contributed by atoms with Gasteiger partial charge in [0.05, 0.1) is 5.39 Å². The summed E-state index contributed by atoms with van der Waals surface area (Å²) < 4.78 is 13.2. The van der Waals surface area contributed by atoms with Crippen LogP contribution in [0.25, 0.3) is 21.3 Å². The van der Waals surface area contributed by atoms with Gasteiger partial charge in [-0.05, 0) is 45.4 Å². The lowest BCUT2D eigenvalue weighted by molar-refractivity contribution is -0.122. The molecule has 2 N–H and O–H groups in total. The third kappa shape index (κ3) is 3.99. The van der Waals surface area contributed by atoms with Crippen molar-refractivity contribution in [1.82, 2.24) is 15.3 Å². The Balaban J connectivity index is 1.95. The summed E-state index contributed by atoms with van der Waals surface area (Å²) in [5.41, 5.74) is 1.48. The van der Waals surface area contributed by atoms with Crippen molar-refractivity contribution >= 4 is 33.3 Å². The molecule has 26 heavy (non-hydrogen) atoms. The molecule has 1 amide bonds. The van der Waals surface area contributed by atoms with E-state index in [-0.39, 0.29) is 17.3 Å². The van der Waals surface area contributed by atoms with Crippen LogP contribution in [0, 0.1) is 5.82 Å². The van der Waals surface area contributed by atoms with Crippen LogP contribution in [0.5, 0.6) is 0 Å². The van der Waals surface area contributed by atoms with Crippen molar-refractivity contribution in [3.8, 4) is 11.1 Å². The zero-order chi connectivity index (χ0) is 18.9. The first kappa shape index (κ1) is 18.3. The van der Waals surface area contributed by atoms with E-state index in [1.54, 1.807) is 19.1 Å². The minimum absolute atomic E-state index is 0.108. The fourth-order valence-electron chi connectivity index (χ4n) is 2.57. The van der Waals surface area contributed by atoms with Gasteiger partial charge in [-0.1, -0.05) is 12.1 Å². The molecule has 0 aliphatic rings. The largest absolute Gasteiger partial charge is 0.358 e. The molecule has 0 saturated carbocycles. The number of halogens is 1. The van der Waals surface area contributed by atoms with E-state index in [1.165, 1.54) is 29.8 Å². The summed E-state index contributed by atoms with van der Waals surface area (Å²) >= 11 is 1.49. The second-order valence-corrected chi connectivity index (χ2v) is 8.02. The number of benzene rings is 1. The number of hydrogen-bond donors (Lipinski definition) is 2. The molecular formula is C19H21FN4OS. The van der Waals surface area contributed by atoms with Crippen molar-refractivity contribution < 1.29 is 9.18 Å². The molecule has 0 spiro atoms. The van der Waals surface area contributed by atoms with Gasteiger partial charge in [0.15, 0.2) is 0 Å². The van der Waals surface area contributed by atoms with Gasteiger partial charge in [0.2, 0.25) is 5.91 Å². The number of aromatic nitrogens is 2. The lowest BCUT2D eigenvalue weighted by Crippen LogP contribution is -2.47. The number of hydrogen-bond acceptors (Lipinski definition) is 5. The predicted molar refractivity (Wildman–Crippen MR) is 104 cm³/mol. The van der Waals surface area contributed by atoms with Crippen molar-refractivity contribution in [3.63, 3.8) is 0 Å². The highest BCUT2D eigenvalue weighted by molar-refractivity contribution is 7.17. The number of anilines is 1. The minimum Gasteiger partial charge on any atom is -0.358 e. The van der Waals surface area contributed by atoms with Crippen LogP contribution in [0.15, 0.2) is 36.0 Å². The van der Waals surface area contributed by atoms with Gasteiger partial charge in [0.1, 0.15) is 28.8 Å². The fourth-order valence-corrected chi connectivity index (χ4v) is 3.49. The Labute approximate surface area is 155 Å². The smallest absolute Gasteiger partial charge is 0.242 e. The highest BCUT2D eigenvalue weighted by atomic mass is 32.1. The highest BCUT2D eigenvalue weighted by Crippen LogP contribution is 2.36. The molecule has 2 aromatic heterocycles. The summed E-state index contributed by atoms with van der Waals surface area (Å²) in [6.07, 6.45) is 1.48. The van der Waals surface area contributed by atoms with Crippen LogP contribution >= 0.6 is 11.3 Å². The maximum Gasteiger partial charge on any atom is 0.242 e. The van der Waals surface area contributed by atoms with E-state index in [2.05, 4.69) is 20.6 Å². The van der Waals surface area contributed by atoms with Crippen LogP contribution in [-0.2, 0) is 4.79 Å². The number of nitrogens with one attached hydrogen (secondary N) is 2. The Kier molecular flexibility index (Phi) is 4.91. The first-order valence-electron chi connectivity index (χ1n) is 8.31. The molecule has 2 heterocycles.